The minimum Gasteiger partial charge on any atom is -0.480 e. The standard InChI is InChI=1S/C28H45N5O10/c1-29(2)10-11-30(3)28(41)23(21-43-20-22-8-6-5-7-9-22)33(18-26(38)39)15-14-31(16-24(34)35)12-13-32(17-25(36)37)19-27(40)42-4/h5-9,23H,10-21H2,1-4H3,(H,34,35)(H,36,37)(H,38,39). The summed E-state index contributed by atoms with van der Waals surface area (Å²) in [5.41, 5.74) is 0.880. The van der Waals surface area contributed by atoms with E-state index in [9.17, 15) is 39.3 Å². The molecule has 1 rings (SSSR count). The Labute approximate surface area is 252 Å². The van der Waals surface area contributed by atoms with Crippen LogP contribution in [0.1, 0.15) is 5.56 Å². The number of rotatable bonds is 23. The molecule has 1 aromatic rings. The number of benzene rings is 1. The summed E-state index contributed by atoms with van der Waals surface area (Å²) in [5.74, 6) is -4.48. The SMILES string of the molecule is COC(=O)CN(CCN(CCN(CC(=O)O)C(COCc1ccccc1)C(=O)N(C)CCN(C)C)CC(=O)O)CC(=O)O. The predicted molar refractivity (Wildman–Crippen MR) is 155 cm³/mol. The molecule has 1 aromatic carbocycles. The van der Waals surface area contributed by atoms with Crippen LogP contribution in [0, 0.1) is 0 Å². The van der Waals surface area contributed by atoms with Crippen LogP contribution in [0.4, 0.5) is 0 Å². The van der Waals surface area contributed by atoms with E-state index in [1.165, 1.54) is 26.7 Å². The zero-order chi connectivity index (χ0) is 32.4. The molecule has 242 valence electrons. The van der Waals surface area contributed by atoms with Crippen molar-refractivity contribution in [2.24, 2.45) is 0 Å². The largest absolute Gasteiger partial charge is 0.480 e. The van der Waals surface area contributed by atoms with Gasteiger partial charge < -0.3 is 34.6 Å². The van der Waals surface area contributed by atoms with Gasteiger partial charge in [0, 0.05) is 46.3 Å². The zero-order valence-electron chi connectivity index (χ0n) is 25.4. The number of amides is 1. The lowest BCUT2D eigenvalue weighted by Gasteiger charge is -2.34. The van der Waals surface area contributed by atoms with Gasteiger partial charge in [-0.2, -0.15) is 0 Å². The molecule has 0 saturated heterocycles. The minimum atomic E-state index is -1.17. The summed E-state index contributed by atoms with van der Waals surface area (Å²) in [6.07, 6.45) is 0. The van der Waals surface area contributed by atoms with Crippen LogP contribution in [0.25, 0.3) is 0 Å². The second-order valence-electron chi connectivity index (χ2n) is 10.3. The van der Waals surface area contributed by atoms with Gasteiger partial charge in [0.15, 0.2) is 0 Å². The van der Waals surface area contributed by atoms with Crippen LogP contribution < -0.4 is 0 Å². The maximum atomic E-state index is 13.6. The van der Waals surface area contributed by atoms with Crippen molar-refractivity contribution in [1.82, 2.24) is 24.5 Å². The van der Waals surface area contributed by atoms with Crippen molar-refractivity contribution in [3.05, 3.63) is 35.9 Å². The molecule has 0 spiro atoms. The third-order valence-corrected chi connectivity index (χ3v) is 6.44. The number of esters is 1. The van der Waals surface area contributed by atoms with Gasteiger partial charge in [-0.3, -0.25) is 38.7 Å². The van der Waals surface area contributed by atoms with Crippen molar-refractivity contribution in [3.63, 3.8) is 0 Å². The van der Waals surface area contributed by atoms with Gasteiger partial charge in [0.05, 0.1) is 46.5 Å². The molecule has 0 aliphatic rings. The summed E-state index contributed by atoms with van der Waals surface area (Å²) in [5, 5.41) is 28.4. The number of aliphatic carboxylic acids is 3. The van der Waals surface area contributed by atoms with E-state index in [0.29, 0.717) is 13.1 Å². The van der Waals surface area contributed by atoms with E-state index in [0.717, 1.165) is 5.56 Å². The predicted octanol–water partition coefficient (Wildman–Crippen LogP) is -1.08. The number of carbonyl (C=O) groups is 5. The van der Waals surface area contributed by atoms with Crippen LogP contribution in [-0.2, 0) is 40.1 Å². The lowest BCUT2D eigenvalue weighted by Crippen LogP contribution is -2.54. The maximum absolute atomic E-state index is 13.6. The number of hydrogen-bond donors (Lipinski definition) is 3. The highest BCUT2D eigenvalue weighted by molar-refractivity contribution is 5.82. The quantitative estimate of drug-likeness (QED) is 0.127. The molecule has 0 aliphatic carbocycles. The van der Waals surface area contributed by atoms with Crippen molar-refractivity contribution < 1.29 is 48.8 Å². The summed E-state index contributed by atoms with van der Waals surface area (Å²) in [6, 6.07) is 8.34. The molecule has 0 saturated carbocycles. The summed E-state index contributed by atoms with van der Waals surface area (Å²) < 4.78 is 10.5. The Hall–Kier alpha value is -3.63. The number of carboxylic acids is 3. The van der Waals surface area contributed by atoms with Crippen molar-refractivity contribution in [1.29, 1.82) is 0 Å². The van der Waals surface area contributed by atoms with E-state index in [4.69, 9.17) is 4.74 Å². The summed E-state index contributed by atoms with van der Waals surface area (Å²) in [6.45, 7) is -0.463. The molecule has 1 amide bonds. The first-order valence-corrected chi connectivity index (χ1v) is 13.7. The molecule has 0 radical (unpaired) electrons. The van der Waals surface area contributed by atoms with E-state index >= 15 is 0 Å². The number of methoxy groups -OCH3 is 1. The van der Waals surface area contributed by atoms with Crippen LogP contribution >= 0.6 is 0 Å². The zero-order valence-corrected chi connectivity index (χ0v) is 25.4. The number of carbonyl (C=O) groups excluding carboxylic acids is 2. The monoisotopic (exact) mass is 611 g/mol. The Morgan fingerprint density at radius 2 is 1.28 bits per heavy atom. The molecule has 43 heavy (non-hydrogen) atoms. The van der Waals surface area contributed by atoms with E-state index in [1.54, 1.807) is 7.05 Å². The van der Waals surface area contributed by atoms with Crippen LogP contribution in [-0.4, -0.2) is 176 Å². The van der Waals surface area contributed by atoms with Crippen molar-refractivity contribution in [2.75, 3.05) is 100 Å². The topological polar surface area (TPSA) is 181 Å². The first-order valence-electron chi connectivity index (χ1n) is 13.7. The van der Waals surface area contributed by atoms with Gasteiger partial charge in [-0.05, 0) is 19.7 Å². The molecule has 1 unspecified atom stereocenters. The Balaban J connectivity index is 3.12. The Bertz CT molecular complexity index is 1030. The Morgan fingerprint density at radius 1 is 0.721 bits per heavy atom. The maximum Gasteiger partial charge on any atom is 0.319 e. The fourth-order valence-corrected chi connectivity index (χ4v) is 4.10. The molecule has 0 bridgehead atoms. The van der Waals surface area contributed by atoms with Crippen molar-refractivity contribution >= 4 is 29.8 Å². The van der Waals surface area contributed by atoms with Crippen molar-refractivity contribution in [2.45, 2.75) is 12.6 Å². The minimum absolute atomic E-state index is 0.00212. The average Bonchev–Trinajstić information content (AvgIpc) is 2.94. The lowest BCUT2D eigenvalue weighted by atomic mass is 10.2. The van der Waals surface area contributed by atoms with Crippen LogP contribution in [0.2, 0.25) is 0 Å². The van der Waals surface area contributed by atoms with Gasteiger partial charge in [-0.25, -0.2) is 0 Å². The second-order valence-corrected chi connectivity index (χ2v) is 10.3. The highest BCUT2D eigenvalue weighted by atomic mass is 16.5. The smallest absolute Gasteiger partial charge is 0.319 e. The summed E-state index contributed by atoms with van der Waals surface area (Å²) in [7, 11) is 6.54. The number of likely N-dealkylation sites (N-methyl/N-ethyl adjacent to an activating group) is 2. The molecule has 0 heterocycles. The van der Waals surface area contributed by atoms with Gasteiger partial charge in [0.2, 0.25) is 5.91 Å². The molecule has 3 N–H and O–H groups in total. The Morgan fingerprint density at radius 3 is 1.84 bits per heavy atom. The molecular weight excluding hydrogens is 566 g/mol. The highest BCUT2D eigenvalue weighted by Crippen LogP contribution is 2.09. The average molecular weight is 612 g/mol. The normalized spacial score (nSPS) is 12.1. The van der Waals surface area contributed by atoms with Gasteiger partial charge in [-0.1, -0.05) is 30.3 Å². The van der Waals surface area contributed by atoms with E-state index < -0.39 is 49.6 Å². The summed E-state index contributed by atoms with van der Waals surface area (Å²) >= 11 is 0. The first-order chi connectivity index (χ1) is 20.3. The third-order valence-electron chi connectivity index (χ3n) is 6.44. The van der Waals surface area contributed by atoms with E-state index in [2.05, 4.69) is 4.74 Å². The number of ether oxygens (including phenoxy) is 2. The third kappa shape index (κ3) is 16.6. The fraction of sp³-hybridized carbons (Fsp3) is 0.607. The van der Waals surface area contributed by atoms with Gasteiger partial charge in [0.1, 0.15) is 6.04 Å². The molecule has 1 atom stereocenters. The molecule has 0 aliphatic heterocycles. The van der Waals surface area contributed by atoms with Crippen LogP contribution in [0.5, 0.6) is 0 Å². The molecule has 15 nitrogen and oxygen atoms in total. The highest BCUT2D eigenvalue weighted by Gasteiger charge is 2.31. The number of hydrogen-bond acceptors (Lipinski definition) is 11. The van der Waals surface area contributed by atoms with E-state index in [-0.39, 0.29) is 51.8 Å². The second kappa shape index (κ2) is 20.3. The van der Waals surface area contributed by atoms with Crippen molar-refractivity contribution in [3.8, 4) is 0 Å². The van der Waals surface area contributed by atoms with Gasteiger partial charge in [0.25, 0.3) is 0 Å². The molecular formula is C28H45N5O10. The number of nitrogens with zero attached hydrogens (tertiary/aromatic N) is 5. The van der Waals surface area contributed by atoms with Crippen LogP contribution in [0.3, 0.4) is 0 Å². The summed E-state index contributed by atoms with van der Waals surface area (Å²) in [4.78, 5) is 67.7. The van der Waals surface area contributed by atoms with E-state index in [1.807, 2.05) is 49.3 Å². The fourth-order valence-electron chi connectivity index (χ4n) is 4.10. The van der Waals surface area contributed by atoms with Crippen LogP contribution in [0.15, 0.2) is 30.3 Å². The Kier molecular flexibility index (Phi) is 17.7. The number of carboxylic acid groups (broad SMARTS) is 3. The molecule has 0 aromatic heterocycles. The van der Waals surface area contributed by atoms with Gasteiger partial charge in [-0.15, -0.1) is 0 Å². The molecule has 15 heteroatoms. The first kappa shape index (κ1) is 37.4. The molecule has 0 fully saturated rings. The lowest BCUT2D eigenvalue weighted by molar-refractivity contribution is -0.145. The van der Waals surface area contributed by atoms with Gasteiger partial charge >= 0.3 is 23.9 Å².